The van der Waals surface area contributed by atoms with E-state index in [1.165, 1.54) is 23.5 Å². The number of nitriles is 1. The van der Waals surface area contributed by atoms with E-state index in [9.17, 15) is 23.1 Å². The Labute approximate surface area is 168 Å². The number of carbonyl (C=O) groups excluding carboxylic acids is 1. The molecule has 1 atom stereocenters. The summed E-state index contributed by atoms with van der Waals surface area (Å²) in [5, 5.41) is 24.2. The van der Waals surface area contributed by atoms with Gasteiger partial charge in [-0.2, -0.15) is 18.4 Å². The second-order valence-corrected chi connectivity index (χ2v) is 7.27. The zero-order valence-electron chi connectivity index (χ0n) is 14.9. The van der Waals surface area contributed by atoms with Crippen LogP contribution in [0, 0.1) is 11.3 Å². The van der Waals surface area contributed by atoms with Gasteiger partial charge in [-0.25, -0.2) is 0 Å². The van der Waals surface area contributed by atoms with Crippen molar-refractivity contribution in [3.8, 4) is 6.07 Å². The summed E-state index contributed by atoms with van der Waals surface area (Å²) < 4.78 is 39.6. The molecule has 1 aromatic heterocycles. The van der Waals surface area contributed by atoms with Crippen LogP contribution in [0.25, 0.3) is 0 Å². The lowest BCUT2D eigenvalue weighted by molar-refractivity contribution is -0.138. The molecule has 0 aliphatic rings. The van der Waals surface area contributed by atoms with Gasteiger partial charge in [0.1, 0.15) is 0 Å². The number of amides is 1. The predicted octanol–water partition coefficient (Wildman–Crippen LogP) is 4.71. The predicted molar refractivity (Wildman–Crippen MR) is 103 cm³/mol. The van der Waals surface area contributed by atoms with E-state index in [-0.39, 0.29) is 12.1 Å². The van der Waals surface area contributed by atoms with Gasteiger partial charge in [0.25, 0.3) is 5.91 Å². The highest BCUT2D eigenvalue weighted by Gasteiger charge is 2.40. The number of thiophene rings is 1. The van der Waals surface area contributed by atoms with Gasteiger partial charge in [-0.15, -0.1) is 11.3 Å². The Kier molecular flexibility index (Phi) is 5.73. The number of anilines is 1. The van der Waals surface area contributed by atoms with Crippen LogP contribution in [0.1, 0.15) is 21.6 Å². The number of hydrogen-bond donors (Lipinski definition) is 2. The van der Waals surface area contributed by atoms with Crippen molar-refractivity contribution in [3.63, 3.8) is 0 Å². The fourth-order valence-corrected chi connectivity index (χ4v) is 3.69. The molecule has 0 aliphatic carbocycles. The van der Waals surface area contributed by atoms with Gasteiger partial charge in [0, 0.05) is 17.0 Å². The Morgan fingerprint density at radius 2 is 1.83 bits per heavy atom. The van der Waals surface area contributed by atoms with Crippen LogP contribution in [-0.2, 0) is 23.0 Å². The minimum atomic E-state index is -4.75. The van der Waals surface area contributed by atoms with Crippen molar-refractivity contribution in [2.75, 3.05) is 5.32 Å². The van der Waals surface area contributed by atoms with Gasteiger partial charge in [0.2, 0.25) is 0 Å². The molecule has 0 bridgehead atoms. The van der Waals surface area contributed by atoms with E-state index in [4.69, 9.17) is 5.26 Å². The van der Waals surface area contributed by atoms with Crippen molar-refractivity contribution in [3.05, 3.63) is 87.6 Å². The molecule has 0 spiro atoms. The molecule has 0 radical (unpaired) electrons. The third kappa shape index (κ3) is 4.47. The molecule has 1 amide bonds. The van der Waals surface area contributed by atoms with Gasteiger partial charge in [0.05, 0.1) is 17.2 Å². The summed E-state index contributed by atoms with van der Waals surface area (Å²) in [6.45, 7) is 0. The van der Waals surface area contributed by atoms with E-state index in [0.29, 0.717) is 16.5 Å². The van der Waals surface area contributed by atoms with Crippen LogP contribution in [0.5, 0.6) is 0 Å². The SMILES string of the molecule is N#Cc1ccc(NC(=O)C(O)(Cc2ccccc2)c2cccs2)cc1C(F)(F)F. The van der Waals surface area contributed by atoms with E-state index in [1.54, 1.807) is 47.8 Å². The van der Waals surface area contributed by atoms with Crippen molar-refractivity contribution < 1.29 is 23.1 Å². The number of benzene rings is 2. The average molecular weight is 416 g/mol. The van der Waals surface area contributed by atoms with Crippen LogP contribution < -0.4 is 5.32 Å². The summed E-state index contributed by atoms with van der Waals surface area (Å²) in [5.41, 5.74) is -3.14. The molecule has 0 fully saturated rings. The number of aliphatic hydroxyl groups is 1. The minimum Gasteiger partial charge on any atom is -0.374 e. The fraction of sp³-hybridized carbons (Fsp3) is 0.143. The lowest BCUT2D eigenvalue weighted by Crippen LogP contribution is -2.41. The van der Waals surface area contributed by atoms with Crippen molar-refractivity contribution in [2.24, 2.45) is 0 Å². The summed E-state index contributed by atoms with van der Waals surface area (Å²) in [7, 11) is 0. The second-order valence-electron chi connectivity index (χ2n) is 6.32. The largest absolute Gasteiger partial charge is 0.417 e. The smallest absolute Gasteiger partial charge is 0.374 e. The molecule has 1 unspecified atom stereocenters. The molecule has 3 aromatic rings. The lowest BCUT2D eigenvalue weighted by Gasteiger charge is -2.26. The van der Waals surface area contributed by atoms with Gasteiger partial charge in [-0.1, -0.05) is 36.4 Å². The first-order chi connectivity index (χ1) is 13.7. The topological polar surface area (TPSA) is 73.1 Å². The molecule has 0 saturated carbocycles. The summed E-state index contributed by atoms with van der Waals surface area (Å²) in [4.78, 5) is 13.3. The van der Waals surface area contributed by atoms with E-state index >= 15 is 0 Å². The van der Waals surface area contributed by atoms with Crippen LogP contribution in [0.4, 0.5) is 18.9 Å². The highest BCUT2D eigenvalue weighted by molar-refractivity contribution is 7.10. The molecular weight excluding hydrogens is 401 g/mol. The number of hydrogen-bond acceptors (Lipinski definition) is 4. The molecule has 2 N–H and O–H groups in total. The summed E-state index contributed by atoms with van der Waals surface area (Å²) >= 11 is 1.17. The normalized spacial score (nSPS) is 13.3. The number of halogens is 3. The zero-order chi connectivity index (χ0) is 21.1. The quantitative estimate of drug-likeness (QED) is 0.633. The van der Waals surface area contributed by atoms with Gasteiger partial charge in [-0.05, 0) is 35.2 Å². The van der Waals surface area contributed by atoms with Crippen molar-refractivity contribution >= 4 is 22.9 Å². The second kappa shape index (κ2) is 8.07. The molecular formula is C21H15F3N2O2S. The molecule has 1 heterocycles. The van der Waals surface area contributed by atoms with Crippen LogP contribution in [0.2, 0.25) is 0 Å². The minimum absolute atomic E-state index is 0.0530. The first-order valence-corrected chi connectivity index (χ1v) is 9.35. The molecule has 8 heteroatoms. The van der Waals surface area contributed by atoms with Crippen LogP contribution in [0.15, 0.2) is 66.0 Å². The Balaban J connectivity index is 1.95. The third-order valence-corrected chi connectivity index (χ3v) is 5.33. The van der Waals surface area contributed by atoms with E-state index in [1.807, 2.05) is 0 Å². The standard InChI is InChI=1S/C21H15F3N2O2S/c22-21(23,24)17-11-16(9-8-15(17)13-25)26-19(27)20(28,18-7-4-10-29-18)12-14-5-2-1-3-6-14/h1-11,28H,12H2,(H,26,27). The number of alkyl halides is 3. The molecule has 29 heavy (non-hydrogen) atoms. The summed E-state index contributed by atoms with van der Waals surface area (Å²) in [6.07, 6.45) is -4.80. The lowest BCUT2D eigenvalue weighted by atomic mass is 9.91. The first kappa shape index (κ1) is 20.6. The zero-order valence-corrected chi connectivity index (χ0v) is 15.7. The van der Waals surface area contributed by atoms with Gasteiger partial charge >= 0.3 is 6.18 Å². The molecule has 0 aliphatic heterocycles. The van der Waals surface area contributed by atoms with Crippen LogP contribution >= 0.6 is 11.3 Å². The van der Waals surface area contributed by atoms with Crippen molar-refractivity contribution in [1.82, 2.24) is 0 Å². The number of rotatable bonds is 5. The van der Waals surface area contributed by atoms with Gasteiger partial charge in [0.15, 0.2) is 5.60 Å². The average Bonchev–Trinajstić information content (AvgIpc) is 3.23. The molecule has 3 rings (SSSR count). The Morgan fingerprint density at radius 3 is 2.41 bits per heavy atom. The Hall–Kier alpha value is -3.15. The molecule has 0 saturated heterocycles. The van der Waals surface area contributed by atoms with Crippen molar-refractivity contribution in [2.45, 2.75) is 18.2 Å². The maximum Gasteiger partial charge on any atom is 0.417 e. The third-order valence-electron chi connectivity index (χ3n) is 4.31. The number of nitrogens with one attached hydrogen (secondary N) is 1. The summed E-state index contributed by atoms with van der Waals surface area (Å²) in [5.74, 6) is -0.860. The van der Waals surface area contributed by atoms with E-state index in [0.717, 1.165) is 6.07 Å². The molecule has 148 valence electrons. The Bertz CT molecular complexity index is 1040. The molecule has 2 aromatic carbocycles. The molecule has 4 nitrogen and oxygen atoms in total. The summed E-state index contributed by atoms with van der Waals surface area (Å²) in [6, 6.07) is 16.4. The van der Waals surface area contributed by atoms with Crippen LogP contribution in [0.3, 0.4) is 0 Å². The maximum absolute atomic E-state index is 13.2. The van der Waals surface area contributed by atoms with Crippen molar-refractivity contribution in [1.29, 1.82) is 5.26 Å². The highest BCUT2D eigenvalue weighted by atomic mass is 32.1. The number of nitrogens with zero attached hydrogens (tertiary/aromatic N) is 1. The van der Waals surface area contributed by atoms with Gasteiger partial charge < -0.3 is 10.4 Å². The van der Waals surface area contributed by atoms with E-state index < -0.39 is 28.8 Å². The van der Waals surface area contributed by atoms with Crippen LogP contribution in [-0.4, -0.2) is 11.0 Å². The Morgan fingerprint density at radius 1 is 1.10 bits per heavy atom. The van der Waals surface area contributed by atoms with E-state index in [2.05, 4.69) is 5.32 Å². The highest BCUT2D eigenvalue weighted by Crippen LogP contribution is 2.35. The van der Waals surface area contributed by atoms with Gasteiger partial charge in [-0.3, -0.25) is 4.79 Å². The fourth-order valence-electron chi connectivity index (χ4n) is 2.87. The maximum atomic E-state index is 13.2. The first-order valence-electron chi connectivity index (χ1n) is 8.47. The number of carbonyl (C=O) groups is 1. The monoisotopic (exact) mass is 416 g/mol.